The molecule has 0 aliphatic heterocycles. The molecule has 5 nitrogen and oxygen atoms in total. The van der Waals surface area contributed by atoms with Crippen molar-refractivity contribution in [1.82, 2.24) is 4.98 Å². The minimum Gasteiger partial charge on any atom is -0.478 e. The Morgan fingerprint density at radius 2 is 0.701 bits per heavy atom. The first-order valence-corrected chi connectivity index (χ1v) is 20.6. The summed E-state index contributed by atoms with van der Waals surface area (Å²) in [5, 5.41) is 8.87. The average molecular weight is 1130 g/mol. The molecule has 0 spiro atoms. The normalized spacial score (nSPS) is 13.2. The second-order valence-electron chi connectivity index (χ2n) is 16.4. The Labute approximate surface area is 414 Å². The lowest BCUT2D eigenvalue weighted by atomic mass is 9.12. The monoisotopic (exact) mass is 1130 g/mol. The summed E-state index contributed by atoms with van der Waals surface area (Å²) < 4.78 is 342. The number of alkyl halides is 24. The maximum Gasteiger partial charge on any atom is 0.416 e. The first kappa shape index (κ1) is 60.3. The van der Waals surface area contributed by atoms with Crippen molar-refractivity contribution in [2.24, 2.45) is 0 Å². The van der Waals surface area contributed by atoms with E-state index in [1.807, 2.05) is 6.07 Å². The average Bonchev–Trinajstić information content (AvgIpc) is 3.29. The number of carboxylic acids is 1. The van der Waals surface area contributed by atoms with Crippen LogP contribution in [0.15, 0.2) is 128 Å². The van der Waals surface area contributed by atoms with Crippen molar-refractivity contribution in [2.75, 3.05) is 0 Å². The van der Waals surface area contributed by atoms with Crippen molar-refractivity contribution in [3.05, 3.63) is 184 Å². The van der Waals surface area contributed by atoms with Crippen molar-refractivity contribution in [3.8, 4) is 0 Å². The zero-order valence-corrected chi connectivity index (χ0v) is 37.3. The number of nitrogens with zero attached hydrogens (tertiary/aromatic N) is 2. The fraction of sp³-hybridized carbons (Fsp3) is 0.191. The smallest absolute Gasteiger partial charge is 0.416 e. The minimum absolute atomic E-state index is 0.0614. The summed E-state index contributed by atoms with van der Waals surface area (Å²) in [5.41, 5.74) is -29.5. The number of hydrogen-bond donors (Lipinski definition) is 1. The Hall–Kier alpha value is -7.56. The number of carbonyl (C=O) groups excluding carboxylic acids is 1. The van der Waals surface area contributed by atoms with Gasteiger partial charge in [-0.2, -0.15) is 132 Å². The minimum atomic E-state index is -6.13. The second-order valence-corrected chi connectivity index (χ2v) is 16.4. The largest absolute Gasteiger partial charge is 0.478 e. The predicted octanol–water partition coefficient (Wildman–Crippen LogP) is 12.6. The number of carboxylic acid groups (broad SMARTS) is 1. The van der Waals surface area contributed by atoms with E-state index in [-0.39, 0.29) is 23.6 Å². The third kappa shape index (κ3) is 14.1. The predicted molar refractivity (Wildman–Crippen MR) is 222 cm³/mol. The molecule has 77 heavy (non-hydrogen) atoms. The summed E-state index contributed by atoms with van der Waals surface area (Å²) in [4.78, 5) is 26.8. The first-order valence-electron chi connectivity index (χ1n) is 20.6. The highest BCUT2D eigenvalue weighted by Gasteiger charge is 2.47. The summed E-state index contributed by atoms with van der Waals surface area (Å²) in [6, 6.07) is 0.0905. The van der Waals surface area contributed by atoms with E-state index in [2.05, 4.69) is 11.6 Å². The molecular formula is C47H25BF24N2O3. The molecule has 0 saturated carbocycles. The van der Waals surface area contributed by atoms with Gasteiger partial charge in [-0.15, -0.1) is 0 Å². The molecule has 0 unspecified atom stereocenters. The highest BCUT2D eigenvalue weighted by atomic mass is 19.4. The zero-order chi connectivity index (χ0) is 58.4. The van der Waals surface area contributed by atoms with E-state index >= 15 is 0 Å². The number of hydrogen-bond acceptors (Lipinski definition) is 3. The molecule has 412 valence electrons. The van der Waals surface area contributed by atoms with Crippen LogP contribution in [0, 0.1) is 0 Å². The van der Waals surface area contributed by atoms with E-state index in [0.717, 1.165) is 0 Å². The fourth-order valence-corrected chi connectivity index (χ4v) is 7.75. The highest BCUT2D eigenvalue weighted by Crippen LogP contribution is 2.41. The molecule has 0 aliphatic rings. The Morgan fingerprint density at radius 3 is 0.935 bits per heavy atom. The van der Waals surface area contributed by atoms with Crippen molar-refractivity contribution in [2.45, 2.75) is 56.0 Å². The molecule has 30 heteroatoms. The summed E-state index contributed by atoms with van der Waals surface area (Å²) in [7, 11) is 0. The lowest BCUT2D eigenvalue weighted by Gasteiger charge is -2.46. The van der Waals surface area contributed by atoms with Gasteiger partial charge >= 0.3 is 55.4 Å². The van der Waals surface area contributed by atoms with Crippen LogP contribution in [0.3, 0.4) is 0 Å². The fourth-order valence-electron chi connectivity index (χ4n) is 7.75. The van der Waals surface area contributed by atoms with E-state index in [4.69, 9.17) is 5.11 Å². The number of rotatable bonds is 9. The van der Waals surface area contributed by atoms with Gasteiger partial charge in [0.05, 0.1) is 56.3 Å². The molecule has 6 aromatic rings. The van der Waals surface area contributed by atoms with Gasteiger partial charge in [0, 0.05) is 5.56 Å². The molecule has 0 radical (unpaired) electrons. The van der Waals surface area contributed by atoms with Gasteiger partial charge in [0.2, 0.25) is 12.3 Å². The van der Waals surface area contributed by atoms with Crippen LogP contribution < -0.4 is 26.4 Å². The maximum atomic E-state index is 14.2. The van der Waals surface area contributed by atoms with E-state index in [1.165, 1.54) is 12.4 Å². The number of aromatic nitrogens is 2. The van der Waals surface area contributed by atoms with Crippen LogP contribution in [0.4, 0.5) is 105 Å². The Balaban J connectivity index is 0.000000455. The van der Waals surface area contributed by atoms with Crippen LogP contribution in [0.5, 0.6) is 0 Å². The molecule has 6 rings (SSSR count). The molecule has 0 bridgehead atoms. The first-order chi connectivity index (χ1) is 34.8. The standard InChI is InChI=1S/C32H12BF24.C15H12N2O3/c34-25(35,36)13-1-14(26(37,38)39)6-21(5-13)33(22-7-15(27(40,41)42)2-16(8-22)28(43,44)45,23-9-17(29(46,47)48)3-18(10-23)30(49,50)51)24-11-19(31(52,53)54)4-20(12-24)32(55,56)57;1-11(15(19)20)13-9-17(8-7-16-13)10-14(18)12-5-3-2-4-6-12/h1-12H;2-9H,1,10H2/q-1;/p+1. The van der Waals surface area contributed by atoms with Crippen LogP contribution in [0.2, 0.25) is 0 Å². The molecular weight excluding hydrogens is 1110 g/mol. The van der Waals surface area contributed by atoms with E-state index in [1.54, 1.807) is 35.0 Å². The quantitative estimate of drug-likeness (QED) is 0.0515. The van der Waals surface area contributed by atoms with Crippen molar-refractivity contribution in [3.63, 3.8) is 0 Å². The SMILES string of the molecule is C=C(C(=O)O)c1c[n+](CC(=O)c2ccccc2)ccn1.FC(F)(F)c1cc([B-](c2cc(C(F)(F)F)cc(C(F)(F)F)c2)(c2cc(C(F)(F)F)cc(C(F)(F)F)c2)c2cc(C(F)(F)F)cc(C(F)(F)F)c2)cc(C(F)(F)F)c1. The second kappa shape index (κ2) is 20.8. The van der Waals surface area contributed by atoms with E-state index in [0.29, 0.717) is 5.56 Å². The summed E-state index contributed by atoms with van der Waals surface area (Å²) in [5.74, 6) is -1.20. The van der Waals surface area contributed by atoms with Crippen LogP contribution in [-0.4, -0.2) is 28.0 Å². The molecule has 1 N–H and O–H groups in total. The lowest BCUT2D eigenvalue weighted by Crippen LogP contribution is -2.75. The Kier molecular flexibility index (Phi) is 16.3. The number of carbonyl (C=O) groups is 2. The number of ketones is 1. The van der Waals surface area contributed by atoms with Crippen LogP contribution in [-0.2, 0) is 60.7 Å². The summed E-state index contributed by atoms with van der Waals surface area (Å²) in [6.45, 7) is 3.56. The lowest BCUT2D eigenvalue weighted by molar-refractivity contribution is -0.683. The van der Waals surface area contributed by atoms with Crippen molar-refractivity contribution < 1.29 is 125 Å². The molecule has 0 atom stereocenters. The number of aliphatic carboxylic acids is 1. The van der Waals surface area contributed by atoms with Crippen LogP contribution >= 0.6 is 0 Å². The van der Waals surface area contributed by atoms with Gasteiger partial charge in [0.1, 0.15) is 11.8 Å². The molecule has 0 fully saturated rings. The Bertz CT molecular complexity index is 2750. The van der Waals surface area contributed by atoms with Crippen LogP contribution in [0.25, 0.3) is 5.57 Å². The van der Waals surface area contributed by atoms with Gasteiger partial charge in [-0.05, 0) is 24.3 Å². The third-order valence-corrected chi connectivity index (χ3v) is 11.2. The zero-order valence-electron chi connectivity index (χ0n) is 37.3. The van der Waals surface area contributed by atoms with Gasteiger partial charge in [-0.1, -0.05) is 85.4 Å². The molecule has 0 saturated heterocycles. The maximum absolute atomic E-state index is 14.2. The van der Waals surface area contributed by atoms with E-state index in [9.17, 15) is 115 Å². The topological polar surface area (TPSA) is 71.1 Å². The van der Waals surface area contributed by atoms with Gasteiger partial charge in [-0.25, -0.2) is 9.78 Å². The number of halogens is 24. The molecule has 1 heterocycles. The summed E-state index contributed by atoms with van der Waals surface area (Å²) >= 11 is 0. The molecule has 5 aromatic carbocycles. The van der Waals surface area contributed by atoms with Crippen molar-refractivity contribution in [1.29, 1.82) is 0 Å². The molecule has 0 aliphatic carbocycles. The number of benzene rings is 5. The molecule has 1 aromatic heterocycles. The van der Waals surface area contributed by atoms with Gasteiger partial charge in [0.15, 0.2) is 12.4 Å². The van der Waals surface area contributed by atoms with Crippen LogP contribution in [0.1, 0.15) is 60.6 Å². The van der Waals surface area contributed by atoms with Gasteiger partial charge in [-0.3, -0.25) is 4.79 Å². The Morgan fingerprint density at radius 1 is 0.442 bits per heavy atom. The highest BCUT2D eigenvalue weighted by molar-refractivity contribution is 7.20. The number of Topliss-reactive ketones (excluding diaryl/α,β-unsaturated/α-hetero) is 1. The van der Waals surface area contributed by atoms with Gasteiger partial charge < -0.3 is 5.11 Å². The summed E-state index contributed by atoms with van der Waals surface area (Å²) in [6.07, 6.45) is -50.3. The van der Waals surface area contributed by atoms with E-state index < -0.39 is 201 Å². The molecule has 0 amide bonds. The van der Waals surface area contributed by atoms with Crippen molar-refractivity contribution >= 4 is 45.3 Å². The third-order valence-electron chi connectivity index (χ3n) is 11.2. The van der Waals surface area contributed by atoms with Gasteiger partial charge in [0.25, 0.3) is 0 Å².